The molecule has 0 radical (unpaired) electrons. The molecule has 120 valence electrons. The summed E-state index contributed by atoms with van der Waals surface area (Å²) in [5, 5.41) is 13.0. The molecule has 2 aliphatic rings. The van der Waals surface area contributed by atoms with Crippen molar-refractivity contribution in [1.29, 1.82) is 0 Å². The molecule has 0 bridgehead atoms. The average Bonchev–Trinajstić information content (AvgIpc) is 2.58. The van der Waals surface area contributed by atoms with Crippen molar-refractivity contribution in [3.63, 3.8) is 0 Å². The quantitative estimate of drug-likeness (QED) is 0.904. The molecule has 0 spiro atoms. The third kappa shape index (κ3) is 1.94. The highest BCUT2D eigenvalue weighted by molar-refractivity contribution is 5.86. The van der Waals surface area contributed by atoms with Crippen molar-refractivity contribution in [2.24, 2.45) is 0 Å². The molecule has 23 heavy (non-hydrogen) atoms. The molecule has 4 nitrogen and oxygen atoms in total. The lowest BCUT2D eigenvalue weighted by Crippen LogP contribution is -3.10. The van der Waals surface area contributed by atoms with E-state index in [0.717, 1.165) is 36.3 Å². The highest BCUT2D eigenvalue weighted by Gasteiger charge is 2.37. The van der Waals surface area contributed by atoms with Crippen molar-refractivity contribution in [2.75, 3.05) is 27.8 Å². The molecule has 0 aromatic heterocycles. The number of hydrogen-bond acceptors (Lipinski definition) is 3. The zero-order valence-corrected chi connectivity index (χ0v) is 13.7. The summed E-state index contributed by atoms with van der Waals surface area (Å²) >= 11 is 0. The number of hydrogen-bond donors (Lipinski definition) is 1. The first kappa shape index (κ1) is 14.4. The number of rotatable bonds is 2. The van der Waals surface area contributed by atoms with Crippen LogP contribution < -0.4 is 19.5 Å². The van der Waals surface area contributed by atoms with Crippen molar-refractivity contribution in [3.05, 3.63) is 41.0 Å². The first-order valence-electron chi connectivity index (χ1n) is 8.05. The first-order chi connectivity index (χ1) is 11.2. The normalized spacial score (nSPS) is 21.3. The smallest absolute Gasteiger partial charge is 0.126 e. The van der Waals surface area contributed by atoms with Crippen LogP contribution in [0.25, 0.3) is 11.1 Å². The van der Waals surface area contributed by atoms with Crippen LogP contribution in [-0.4, -0.2) is 27.8 Å². The summed E-state index contributed by atoms with van der Waals surface area (Å²) < 4.78 is 10.9. The molecule has 2 atom stereocenters. The number of quaternary nitrogens is 1. The van der Waals surface area contributed by atoms with Crippen LogP contribution in [0.2, 0.25) is 0 Å². The van der Waals surface area contributed by atoms with Gasteiger partial charge in [-0.2, -0.15) is 0 Å². The number of fused-ring (bicyclic) bond motifs is 2. The maximum absolute atomic E-state index is 13.0. The summed E-state index contributed by atoms with van der Waals surface area (Å²) in [4.78, 5) is 1.47. The zero-order valence-electron chi connectivity index (χ0n) is 13.7. The number of ether oxygens (including phenoxy) is 2. The Hall–Kier alpha value is -2.20. The highest BCUT2D eigenvalue weighted by atomic mass is 16.5. The number of likely N-dealkylation sites (N-methyl/N-ethyl adjacent to an activating group) is 1. The van der Waals surface area contributed by atoms with Gasteiger partial charge in [0.1, 0.15) is 17.5 Å². The van der Waals surface area contributed by atoms with Crippen LogP contribution in [0.4, 0.5) is 0 Å². The molecule has 1 aliphatic heterocycles. The van der Waals surface area contributed by atoms with E-state index in [4.69, 9.17) is 9.47 Å². The Morgan fingerprint density at radius 3 is 2.61 bits per heavy atom. The van der Waals surface area contributed by atoms with E-state index in [1.807, 2.05) is 18.2 Å². The molecule has 2 aromatic carbocycles. The third-order valence-corrected chi connectivity index (χ3v) is 5.33. The Labute approximate surface area is 136 Å². The van der Waals surface area contributed by atoms with Crippen LogP contribution in [0.15, 0.2) is 24.3 Å². The van der Waals surface area contributed by atoms with Gasteiger partial charge in [-0.1, -0.05) is 17.9 Å². The summed E-state index contributed by atoms with van der Waals surface area (Å²) in [7, 11) is 5.45. The van der Waals surface area contributed by atoms with E-state index in [1.165, 1.54) is 21.6 Å². The van der Waals surface area contributed by atoms with Crippen LogP contribution >= 0.6 is 0 Å². The maximum Gasteiger partial charge on any atom is 0.126 e. The van der Waals surface area contributed by atoms with Crippen molar-refractivity contribution in [1.82, 2.24) is 0 Å². The van der Waals surface area contributed by atoms with Crippen LogP contribution in [0.5, 0.6) is 17.2 Å². The van der Waals surface area contributed by atoms with E-state index in [0.29, 0.717) is 11.8 Å². The Balaban J connectivity index is 2.10. The van der Waals surface area contributed by atoms with E-state index in [-0.39, 0.29) is 5.75 Å². The second kappa shape index (κ2) is 5.17. The minimum atomic E-state index is -0.0172. The van der Waals surface area contributed by atoms with Gasteiger partial charge in [-0.25, -0.2) is 0 Å². The van der Waals surface area contributed by atoms with Crippen LogP contribution in [0.1, 0.15) is 22.7 Å². The summed E-state index contributed by atoms with van der Waals surface area (Å²) in [6.45, 7) is 1.08. The molecular weight excluding hydrogens is 290 g/mol. The Kier molecular flexibility index (Phi) is 3.23. The van der Waals surface area contributed by atoms with Gasteiger partial charge in [0.05, 0.1) is 27.8 Å². The zero-order chi connectivity index (χ0) is 16.1. The van der Waals surface area contributed by atoms with Crippen LogP contribution in [0.3, 0.4) is 0 Å². The topological polar surface area (TPSA) is 46.0 Å². The lowest BCUT2D eigenvalue weighted by atomic mass is 9.76. The first-order valence-corrected chi connectivity index (χ1v) is 8.05. The van der Waals surface area contributed by atoms with Gasteiger partial charge in [0.2, 0.25) is 0 Å². The standard InChI is InChI=1S/C19H21NO3/c1-20-8-7-12-10-15(23-3)19(21)18-16(12)13(20)9-11-5-4-6-14(22-2)17(11)18/h4-6,10,13,21H,7-9H2,1-3H3. The fourth-order valence-electron chi connectivity index (χ4n) is 4.16. The fraction of sp³-hybridized carbons (Fsp3) is 0.368. The third-order valence-electron chi connectivity index (χ3n) is 5.33. The molecule has 0 amide bonds. The molecule has 1 heterocycles. The van der Waals surface area contributed by atoms with Gasteiger partial charge >= 0.3 is 0 Å². The molecule has 1 aliphatic carbocycles. The van der Waals surface area contributed by atoms with Gasteiger partial charge in [0, 0.05) is 24.0 Å². The molecule has 0 saturated heterocycles. The number of methoxy groups -OCH3 is 2. The van der Waals surface area contributed by atoms with E-state index in [2.05, 4.69) is 13.1 Å². The molecule has 1 N–H and O–H groups in total. The number of nitrogens with one attached hydrogen (secondary N) is 1. The van der Waals surface area contributed by atoms with Crippen molar-refractivity contribution in [2.45, 2.75) is 18.9 Å². The maximum atomic E-state index is 13.0. The summed E-state index contributed by atoms with van der Waals surface area (Å²) in [5.41, 5.74) is 5.41. The van der Waals surface area contributed by atoms with Crippen LogP contribution in [-0.2, 0) is 12.8 Å². The summed E-state index contributed by atoms with van der Waals surface area (Å²) in [6.07, 6.45) is 1.93. The highest BCUT2D eigenvalue weighted by Crippen LogP contribution is 2.50. The Bertz CT molecular complexity index is 785. The minimum absolute atomic E-state index is 0.0172. The van der Waals surface area contributed by atoms with Crippen LogP contribution in [0, 0.1) is 0 Å². The van der Waals surface area contributed by atoms with Gasteiger partial charge in [-0.3, -0.25) is 0 Å². The molecule has 4 heteroatoms. The van der Waals surface area contributed by atoms with Crippen molar-refractivity contribution in [3.8, 4) is 28.4 Å². The van der Waals surface area contributed by atoms with Gasteiger partial charge in [-0.05, 0) is 28.8 Å². The lowest BCUT2D eigenvalue weighted by Gasteiger charge is -2.39. The van der Waals surface area contributed by atoms with Crippen molar-refractivity contribution >= 4 is 0 Å². The Morgan fingerprint density at radius 2 is 1.87 bits per heavy atom. The van der Waals surface area contributed by atoms with Crippen molar-refractivity contribution < 1.29 is 19.5 Å². The molecule has 2 aromatic rings. The lowest BCUT2D eigenvalue weighted by molar-refractivity contribution is -0.914. The second-order valence-corrected chi connectivity index (χ2v) is 6.45. The molecule has 0 saturated carbocycles. The molecule has 4 rings (SSSR count). The second-order valence-electron chi connectivity index (χ2n) is 6.45. The predicted molar refractivity (Wildman–Crippen MR) is 86.3 cm³/mol. The van der Waals surface area contributed by atoms with Gasteiger partial charge in [0.15, 0.2) is 0 Å². The summed E-state index contributed by atoms with van der Waals surface area (Å²) in [6, 6.07) is 8.34. The molecule has 2 unspecified atom stereocenters. The van der Waals surface area contributed by atoms with Gasteiger partial charge in [0.25, 0.3) is 0 Å². The average molecular weight is 311 g/mol. The largest absolute Gasteiger partial charge is 0.870 e. The SMILES string of the molecule is COc1cc2c3c(c1[O-])-c1c(cccc1OC)CC3[NH+](C)CC2. The minimum Gasteiger partial charge on any atom is -0.870 e. The van der Waals surface area contributed by atoms with E-state index < -0.39 is 0 Å². The van der Waals surface area contributed by atoms with E-state index in [1.54, 1.807) is 14.2 Å². The van der Waals surface area contributed by atoms with E-state index >= 15 is 0 Å². The molecular formula is C19H21NO3. The predicted octanol–water partition coefficient (Wildman–Crippen LogP) is 1.11. The monoisotopic (exact) mass is 311 g/mol. The van der Waals surface area contributed by atoms with E-state index in [9.17, 15) is 5.11 Å². The number of benzene rings is 2. The van der Waals surface area contributed by atoms with Gasteiger partial charge in [-0.15, -0.1) is 0 Å². The van der Waals surface area contributed by atoms with Gasteiger partial charge < -0.3 is 19.5 Å². The summed E-state index contributed by atoms with van der Waals surface area (Å²) in [5.74, 6) is 1.20. The Morgan fingerprint density at radius 1 is 1.09 bits per heavy atom. The fourth-order valence-corrected chi connectivity index (χ4v) is 4.16. The molecule has 0 fully saturated rings.